The lowest BCUT2D eigenvalue weighted by atomic mass is 9.82. The van der Waals surface area contributed by atoms with E-state index in [0.717, 1.165) is 59.8 Å². The minimum atomic E-state index is -3.51. The molecule has 0 atom stereocenters. The van der Waals surface area contributed by atoms with Crippen LogP contribution >= 0.6 is 12.4 Å². The Morgan fingerprint density at radius 2 is 1.53 bits per heavy atom. The van der Waals surface area contributed by atoms with E-state index < -0.39 is 10.0 Å². The first-order valence-corrected chi connectivity index (χ1v) is 13.0. The molecule has 1 aromatic heterocycles. The van der Waals surface area contributed by atoms with Gasteiger partial charge in [-0.2, -0.15) is 4.98 Å². The van der Waals surface area contributed by atoms with E-state index in [2.05, 4.69) is 20.0 Å². The summed E-state index contributed by atoms with van der Waals surface area (Å²) in [4.78, 5) is 9.36. The maximum atomic E-state index is 12.9. The van der Waals surface area contributed by atoms with Gasteiger partial charge >= 0.3 is 0 Å². The summed E-state index contributed by atoms with van der Waals surface area (Å²) in [5.74, 6) is 1.91. The summed E-state index contributed by atoms with van der Waals surface area (Å²) in [5.41, 5.74) is 9.58. The lowest BCUT2D eigenvalue weighted by Crippen LogP contribution is -2.33. The van der Waals surface area contributed by atoms with Crippen LogP contribution < -0.4 is 15.8 Å². The molecule has 1 aliphatic carbocycles. The number of nitrogens with one attached hydrogen (secondary N) is 2. The summed E-state index contributed by atoms with van der Waals surface area (Å²) in [6.07, 6.45) is 4.10. The van der Waals surface area contributed by atoms with Gasteiger partial charge in [0.05, 0.1) is 10.4 Å². The lowest BCUT2D eigenvalue weighted by Gasteiger charge is -2.29. The number of nitrogen functional groups attached to an aromatic ring is 1. The number of nitrogens with zero attached hydrogens (tertiary/aromatic N) is 2. The SMILES string of the molecule is Cc1cc(C)c(S(=O)(=O)NCC2CCC(CNc3nc(N)c4ccccc4n3)CC2)c(C)c1.Cl. The van der Waals surface area contributed by atoms with Gasteiger partial charge in [0.2, 0.25) is 16.0 Å². The van der Waals surface area contributed by atoms with Crippen molar-refractivity contribution in [1.29, 1.82) is 0 Å². The van der Waals surface area contributed by atoms with Gasteiger partial charge in [-0.15, -0.1) is 12.4 Å². The zero-order valence-corrected chi connectivity index (χ0v) is 21.6. The number of para-hydroxylation sites is 1. The van der Waals surface area contributed by atoms with Crippen LogP contribution in [0, 0.1) is 32.6 Å². The van der Waals surface area contributed by atoms with Crippen LogP contribution in [-0.4, -0.2) is 31.5 Å². The number of hydrogen-bond donors (Lipinski definition) is 3. The average Bonchev–Trinajstić information content (AvgIpc) is 2.76. The number of sulfonamides is 1. The number of rotatable bonds is 7. The van der Waals surface area contributed by atoms with E-state index in [1.54, 1.807) is 0 Å². The molecule has 0 radical (unpaired) electrons. The summed E-state index contributed by atoms with van der Waals surface area (Å²) in [7, 11) is -3.51. The molecule has 0 aliphatic heterocycles. The first-order chi connectivity index (χ1) is 15.7. The van der Waals surface area contributed by atoms with Crippen molar-refractivity contribution in [2.24, 2.45) is 11.8 Å². The van der Waals surface area contributed by atoms with Gasteiger partial charge in [-0.05, 0) is 81.5 Å². The highest BCUT2D eigenvalue weighted by molar-refractivity contribution is 7.89. The average molecular weight is 504 g/mol. The lowest BCUT2D eigenvalue weighted by molar-refractivity contribution is 0.284. The topological polar surface area (TPSA) is 110 Å². The number of aromatic nitrogens is 2. The summed E-state index contributed by atoms with van der Waals surface area (Å²) in [6.45, 7) is 6.98. The van der Waals surface area contributed by atoms with Gasteiger partial charge in [-0.25, -0.2) is 18.1 Å². The number of hydrogen-bond acceptors (Lipinski definition) is 6. The second kappa shape index (κ2) is 10.9. The maximum absolute atomic E-state index is 12.9. The van der Waals surface area contributed by atoms with Crippen molar-refractivity contribution in [3.05, 3.63) is 53.1 Å². The van der Waals surface area contributed by atoms with Crippen molar-refractivity contribution in [3.8, 4) is 0 Å². The first-order valence-electron chi connectivity index (χ1n) is 11.6. The zero-order chi connectivity index (χ0) is 23.6. The summed E-state index contributed by atoms with van der Waals surface area (Å²) in [5, 5.41) is 4.21. The van der Waals surface area contributed by atoms with E-state index in [1.807, 2.05) is 57.2 Å². The molecule has 0 spiro atoms. The molecule has 0 bridgehead atoms. The highest BCUT2D eigenvalue weighted by Gasteiger charge is 2.25. The van der Waals surface area contributed by atoms with E-state index in [-0.39, 0.29) is 12.4 Å². The van der Waals surface area contributed by atoms with Gasteiger partial charge < -0.3 is 11.1 Å². The van der Waals surface area contributed by atoms with Gasteiger partial charge in [-0.1, -0.05) is 29.8 Å². The Hall–Kier alpha value is -2.42. The summed E-state index contributed by atoms with van der Waals surface area (Å²) >= 11 is 0. The fourth-order valence-electron chi connectivity index (χ4n) is 4.95. The minimum absolute atomic E-state index is 0. The monoisotopic (exact) mass is 503 g/mol. The van der Waals surface area contributed by atoms with Crippen molar-refractivity contribution in [3.63, 3.8) is 0 Å². The highest BCUT2D eigenvalue weighted by atomic mass is 35.5. The van der Waals surface area contributed by atoms with E-state index in [1.165, 1.54) is 0 Å². The second-order valence-electron chi connectivity index (χ2n) is 9.30. The normalized spacial score (nSPS) is 18.4. The Balaban J connectivity index is 0.00000324. The Morgan fingerprint density at radius 1 is 0.941 bits per heavy atom. The standard InChI is InChI=1S/C25H33N5O2S.ClH/c1-16-12-17(2)23(18(3)13-16)33(31,32)28-15-20-10-8-19(9-11-20)14-27-25-29-22-7-5-4-6-21(22)24(26)30-25;/h4-7,12-13,19-20,28H,8-11,14-15H2,1-3H3,(H3,26,27,29,30);1H. The third kappa shape index (κ3) is 5.98. The van der Waals surface area contributed by atoms with Crippen molar-refractivity contribution in [2.75, 3.05) is 24.1 Å². The third-order valence-corrected chi connectivity index (χ3v) is 8.31. The first kappa shape index (κ1) is 26.2. The predicted molar refractivity (Wildman–Crippen MR) is 141 cm³/mol. The summed E-state index contributed by atoms with van der Waals surface area (Å²) in [6, 6.07) is 11.6. The van der Waals surface area contributed by atoms with E-state index in [0.29, 0.717) is 35.0 Å². The van der Waals surface area contributed by atoms with Gasteiger partial charge in [-0.3, -0.25) is 0 Å². The molecule has 184 valence electrons. The second-order valence-corrected chi connectivity index (χ2v) is 11.0. The molecule has 7 nitrogen and oxygen atoms in total. The van der Waals surface area contributed by atoms with Crippen LogP contribution in [0.1, 0.15) is 42.4 Å². The van der Waals surface area contributed by atoms with Crippen molar-refractivity contribution < 1.29 is 8.42 Å². The van der Waals surface area contributed by atoms with Crippen LogP contribution in [0.5, 0.6) is 0 Å². The van der Waals surface area contributed by atoms with Gasteiger partial charge in [0.1, 0.15) is 5.82 Å². The maximum Gasteiger partial charge on any atom is 0.241 e. The molecule has 0 unspecified atom stereocenters. The molecule has 1 fully saturated rings. The van der Waals surface area contributed by atoms with Gasteiger partial charge in [0.25, 0.3) is 0 Å². The number of aryl methyl sites for hydroxylation is 3. The largest absolute Gasteiger partial charge is 0.383 e. The number of anilines is 2. The predicted octanol–water partition coefficient (Wildman–Crippen LogP) is 4.76. The number of benzene rings is 2. The van der Waals surface area contributed by atoms with Gasteiger partial charge in [0, 0.05) is 18.5 Å². The Bertz CT molecular complexity index is 1230. The van der Waals surface area contributed by atoms with Crippen molar-refractivity contribution in [2.45, 2.75) is 51.3 Å². The van der Waals surface area contributed by atoms with Crippen molar-refractivity contribution in [1.82, 2.24) is 14.7 Å². The molecule has 1 heterocycles. The van der Waals surface area contributed by atoms with E-state index in [4.69, 9.17) is 5.73 Å². The van der Waals surface area contributed by atoms with Crippen LogP contribution in [0.25, 0.3) is 10.9 Å². The van der Waals surface area contributed by atoms with E-state index in [9.17, 15) is 8.42 Å². The third-order valence-electron chi connectivity index (χ3n) is 6.58. The molecular weight excluding hydrogens is 470 g/mol. The van der Waals surface area contributed by atoms with Crippen LogP contribution in [0.4, 0.5) is 11.8 Å². The minimum Gasteiger partial charge on any atom is -0.383 e. The van der Waals surface area contributed by atoms with Crippen LogP contribution in [-0.2, 0) is 10.0 Å². The fourth-order valence-corrected chi connectivity index (χ4v) is 6.51. The van der Waals surface area contributed by atoms with Gasteiger partial charge in [0.15, 0.2) is 0 Å². The molecule has 3 aromatic rings. The molecule has 0 amide bonds. The molecule has 4 N–H and O–H groups in total. The molecule has 4 rings (SSSR count). The molecule has 0 saturated heterocycles. The molecule has 1 aliphatic rings. The number of nitrogens with two attached hydrogens (primary N) is 1. The number of fused-ring (bicyclic) bond motifs is 1. The number of halogens is 1. The van der Waals surface area contributed by atoms with Crippen LogP contribution in [0.3, 0.4) is 0 Å². The van der Waals surface area contributed by atoms with Crippen LogP contribution in [0.2, 0.25) is 0 Å². The Labute approximate surface area is 208 Å². The fraction of sp³-hybridized carbons (Fsp3) is 0.440. The molecule has 34 heavy (non-hydrogen) atoms. The Morgan fingerprint density at radius 3 is 2.18 bits per heavy atom. The quantitative estimate of drug-likeness (QED) is 0.429. The smallest absolute Gasteiger partial charge is 0.241 e. The van der Waals surface area contributed by atoms with Crippen molar-refractivity contribution >= 4 is 45.1 Å². The molecular formula is C25H34ClN5O2S. The molecule has 9 heteroatoms. The highest BCUT2D eigenvalue weighted by Crippen LogP contribution is 2.30. The molecule has 1 saturated carbocycles. The van der Waals surface area contributed by atoms with E-state index >= 15 is 0 Å². The molecule has 2 aromatic carbocycles. The van der Waals surface area contributed by atoms with Crippen LogP contribution in [0.15, 0.2) is 41.3 Å². The summed E-state index contributed by atoms with van der Waals surface area (Å²) < 4.78 is 28.7. The zero-order valence-electron chi connectivity index (χ0n) is 20.0. The Kier molecular flexibility index (Phi) is 8.38.